The summed E-state index contributed by atoms with van der Waals surface area (Å²) < 4.78 is 22.4. The molecule has 8 nitrogen and oxygen atoms in total. The Labute approximate surface area is 238 Å². The summed E-state index contributed by atoms with van der Waals surface area (Å²) in [5, 5.41) is 0. The number of ether oxygens (including phenoxy) is 4. The van der Waals surface area contributed by atoms with Gasteiger partial charge in [-0.15, -0.1) is 0 Å². The van der Waals surface area contributed by atoms with Crippen LogP contribution in [0.5, 0.6) is 0 Å². The molecule has 220 valence electrons. The Morgan fingerprint density at radius 2 is 0.650 bits per heavy atom. The van der Waals surface area contributed by atoms with Crippen LogP contribution in [-0.4, -0.2) is 46.3 Å². The molecule has 0 aliphatic heterocycles. The van der Waals surface area contributed by atoms with Crippen LogP contribution in [0, 0.1) is 0 Å². The highest BCUT2D eigenvalue weighted by molar-refractivity contribution is 6.22. The van der Waals surface area contributed by atoms with Crippen LogP contribution < -0.4 is 0 Å². The van der Waals surface area contributed by atoms with Gasteiger partial charge in [-0.3, -0.25) is 0 Å². The monoisotopic (exact) mass is 556 g/mol. The fourth-order valence-corrected chi connectivity index (χ4v) is 3.93. The average Bonchev–Trinajstić information content (AvgIpc) is 2.68. The predicted molar refractivity (Wildman–Crippen MR) is 153 cm³/mol. The van der Waals surface area contributed by atoms with Gasteiger partial charge in [0.05, 0.1) is 0 Å². The van der Waals surface area contributed by atoms with Crippen LogP contribution in [0.2, 0.25) is 0 Å². The van der Waals surface area contributed by atoms with Gasteiger partial charge in [-0.1, -0.05) is 24.3 Å². The molecule has 1 aromatic carbocycles. The van der Waals surface area contributed by atoms with E-state index in [2.05, 4.69) is 0 Å². The highest BCUT2D eigenvalue weighted by Crippen LogP contribution is 2.37. The minimum Gasteiger partial charge on any atom is -0.456 e. The lowest BCUT2D eigenvalue weighted by atomic mass is 9.85. The first kappa shape index (κ1) is 32.8. The van der Waals surface area contributed by atoms with Crippen LogP contribution in [0.1, 0.15) is 107 Å². The van der Waals surface area contributed by atoms with Crippen molar-refractivity contribution in [3.05, 3.63) is 46.5 Å². The standard InChI is InChI=1S/C32H44O8/c1-29(2,3)37-25(33)23(26(34)38-30(4,5)6)21-17-18-22(20-15-13-19(21)14-16-20)24(27(35)39-31(7,8)9)28(36)40-32(10,11)12/h13-16H,17-18H2,1-12H3. The van der Waals surface area contributed by atoms with Crippen LogP contribution in [0.4, 0.5) is 0 Å². The topological polar surface area (TPSA) is 105 Å². The number of allylic oxidation sites excluding steroid dienone is 2. The van der Waals surface area contributed by atoms with E-state index < -0.39 is 46.3 Å². The van der Waals surface area contributed by atoms with E-state index in [4.69, 9.17) is 18.9 Å². The van der Waals surface area contributed by atoms with Crippen molar-refractivity contribution < 1.29 is 38.1 Å². The molecular formula is C32H44O8. The van der Waals surface area contributed by atoms with Gasteiger partial charge >= 0.3 is 23.9 Å². The lowest BCUT2D eigenvalue weighted by Crippen LogP contribution is -2.33. The zero-order valence-electron chi connectivity index (χ0n) is 26.0. The number of carbonyl (C=O) groups is 4. The quantitative estimate of drug-likeness (QED) is 0.139. The molecule has 0 atom stereocenters. The Kier molecular flexibility index (Phi) is 9.50. The molecular weight excluding hydrogens is 512 g/mol. The molecule has 0 N–H and O–H groups in total. The summed E-state index contributed by atoms with van der Waals surface area (Å²) in [5.74, 6) is -3.25. The second-order valence-corrected chi connectivity index (χ2v) is 13.8. The van der Waals surface area contributed by atoms with E-state index in [-0.39, 0.29) is 24.0 Å². The molecule has 0 saturated heterocycles. The third kappa shape index (κ3) is 9.65. The van der Waals surface area contributed by atoms with E-state index in [1.54, 1.807) is 107 Å². The highest BCUT2D eigenvalue weighted by atomic mass is 16.6. The van der Waals surface area contributed by atoms with Crippen molar-refractivity contribution in [2.45, 2.75) is 118 Å². The van der Waals surface area contributed by atoms with Gasteiger partial charge in [-0.25, -0.2) is 19.2 Å². The van der Waals surface area contributed by atoms with Gasteiger partial charge in [0.2, 0.25) is 0 Å². The lowest BCUT2D eigenvalue weighted by Gasteiger charge is -2.27. The van der Waals surface area contributed by atoms with Crippen LogP contribution in [0.25, 0.3) is 11.1 Å². The largest absolute Gasteiger partial charge is 0.456 e. The number of benzene rings is 1. The van der Waals surface area contributed by atoms with E-state index in [0.717, 1.165) is 0 Å². The molecule has 0 spiro atoms. The zero-order chi connectivity index (χ0) is 30.8. The van der Waals surface area contributed by atoms with Crippen molar-refractivity contribution in [2.24, 2.45) is 0 Å². The van der Waals surface area contributed by atoms with E-state index in [1.807, 2.05) is 0 Å². The Morgan fingerprint density at radius 1 is 0.450 bits per heavy atom. The molecule has 2 aliphatic rings. The number of esters is 4. The number of carbonyl (C=O) groups excluding carboxylic acids is 4. The summed E-state index contributed by atoms with van der Waals surface area (Å²) in [4.78, 5) is 53.6. The SMILES string of the molecule is CC(C)(C)OC(=O)C(C(=O)OC(C)(C)C)=C1CCC(=C(C(=O)OC(C)(C)C)C(=O)OC(C)(C)C)c2ccc1cc2. The number of fused-ring (bicyclic) bond motifs is 5. The van der Waals surface area contributed by atoms with E-state index in [1.165, 1.54) is 0 Å². The molecule has 0 radical (unpaired) electrons. The lowest BCUT2D eigenvalue weighted by molar-refractivity contribution is -0.160. The van der Waals surface area contributed by atoms with Crippen LogP contribution >= 0.6 is 0 Å². The Balaban J connectivity index is 2.80. The van der Waals surface area contributed by atoms with Gasteiger partial charge in [0.15, 0.2) is 0 Å². The van der Waals surface area contributed by atoms with E-state index in [9.17, 15) is 19.2 Å². The second-order valence-electron chi connectivity index (χ2n) is 13.8. The molecule has 0 amide bonds. The van der Waals surface area contributed by atoms with Crippen molar-refractivity contribution in [3.63, 3.8) is 0 Å². The first-order valence-corrected chi connectivity index (χ1v) is 13.5. The summed E-state index contributed by atoms with van der Waals surface area (Å²) in [7, 11) is 0. The van der Waals surface area contributed by atoms with Crippen molar-refractivity contribution in [1.29, 1.82) is 0 Å². The maximum Gasteiger partial charge on any atom is 0.346 e. The normalized spacial score (nSPS) is 14.1. The van der Waals surface area contributed by atoms with Crippen molar-refractivity contribution in [3.8, 4) is 0 Å². The summed E-state index contributed by atoms with van der Waals surface area (Å²) >= 11 is 0. The molecule has 1 aromatic rings. The summed E-state index contributed by atoms with van der Waals surface area (Å²) in [6.45, 7) is 20.5. The molecule has 0 fully saturated rings. The van der Waals surface area contributed by atoms with Gasteiger partial charge in [0.1, 0.15) is 33.6 Å². The van der Waals surface area contributed by atoms with Crippen LogP contribution in [0.15, 0.2) is 35.4 Å². The maximum absolute atomic E-state index is 13.4. The Hall–Kier alpha value is -3.42. The van der Waals surface area contributed by atoms with Gasteiger partial charge < -0.3 is 18.9 Å². The smallest absolute Gasteiger partial charge is 0.346 e. The predicted octanol–water partition coefficient (Wildman–Crippen LogP) is 6.35. The van der Waals surface area contributed by atoms with Gasteiger partial charge in [0.25, 0.3) is 0 Å². The van der Waals surface area contributed by atoms with Gasteiger partial charge in [0, 0.05) is 0 Å². The van der Waals surface area contributed by atoms with Gasteiger partial charge in [-0.05, 0) is 118 Å². The van der Waals surface area contributed by atoms with Crippen molar-refractivity contribution in [1.82, 2.24) is 0 Å². The van der Waals surface area contributed by atoms with E-state index >= 15 is 0 Å². The first-order chi connectivity index (χ1) is 18.0. The van der Waals surface area contributed by atoms with E-state index in [0.29, 0.717) is 22.3 Å². The minimum atomic E-state index is -0.859. The van der Waals surface area contributed by atoms with Crippen LogP contribution in [-0.2, 0) is 38.1 Å². The minimum absolute atomic E-state index is 0.145. The zero-order valence-corrected chi connectivity index (χ0v) is 26.0. The molecule has 2 aliphatic carbocycles. The van der Waals surface area contributed by atoms with Crippen molar-refractivity contribution >= 4 is 35.0 Å². The van der Waals surface area contributed by atoms with Crippen LogP contribution in [0.3, 0.4) is 0 Å². The summed E-state index contributed by atoms with van der Waals surface area (Å²) in [6, 6.07) is 6.95. The molecule has 3 rings (SSSR count). The molecule has 0 aromatic heterocycles. The molecule has 0 heterocycles. The molecule has 8 heteroatoms. The summed E-state index contributed by atoms with van der Waals surface area (Å²) in [6.07, 6.45) is 0.289. The number of hydrogen-bond donors (Lipinski definition) is 0. The second kappa shape index (κ2) is 11.6. The average molecular weight is 557 g/mol. The molecule has 0 unspecified atom stereocenters. The maximum atomic E-state index is 13.4. The molecule has 40 heavy (non-hydrogen) atoms. The first-order valence-electron chi connectivity index (χ1n) is 13.5. The fourth-order valence-electron chi connectivity index (χ4n) is 3.93. The molecule has 2 bridgehead atoms. The third-order valence-corrected chi connectivity index (χ3v) is 5.22. The van der Waals surface area contributed by atoms with Gasteiger partial charge in [-0.2, -0.15) is 0 Å². The Morgan fingerprint density at radius 3 is 0.825 bits per heavy atom. The molecule has 0 saturated carbocycles. The number of rotatable bonds is 4. The highest BCUT2D eigenvalue weighted by Gasteiger charge is 2.36. The number of hydrogen-bond acceptors (Lipinski definition) is 8. The van der Waals surface area contributed by atoms with Crippen molar-refractivity contribution in [2.75, 3.05) is 0 Å². The Bertz CT molecular complexity index is 1060. The fraction of sp³-hybridized carbons (Fsp3) is 0.562. The summed E-state index contributed by atoms with van der Waals surface area (Å²) in [5.41, 5.74) is -1.85. The third-order valence-electron chi connectivity index (χ3n) is 5.22.